The molecule has 5 saturated carbocycles. The molecule has 6 aliphatic rings. The van der Waals surface area contributed by atoms with Gasteiger partial charge in [0, 0.05) is 17.2 Å². The number of halogens is 2. The molecule has 0 aromatic heterocycles. The molecule has 0 aromatic rings. The van der Waals surface area contributed by atoms with Crippen LogP contribution in [0.3, 0.4) is 0 Å². The van der Waals surface area contributed by atoms with Crippen molar-refractivity contribution in [3.8, 4) is 0 Å². The van der Waals surface area contributed by atoms with Gasteiger partial charge in [-0.1, -0.05) is 55.3 Å². The van der Waals surface area contributed by atoms with Gasteiger partial charge in [-0.15, -0.1) is 0 Å². The lowest BCUT2D eigenvalue weighted by molar-refractivity contribution is -0.117. The van der Waals surface area contributed by atoms with E-state index in [0.29, 0.717) is 29.0 Å². The number of rotatable bonds is 4. The monoisotopic (exact) mass is 573 g/mol. The predicted molar refractivity (Wildman–Crippen MR) is 159 cm³/mol. The lowest BCUT2D eigenvalue weighted by atomic mass is 9.62. The molecule has 216 valence electrons. The van der Waals surface area contributed by atoms with Crippen LogP contribution in [0.4, 0.5) is 0 Å². The van der Waals surface area contributed by atoms with Gasteiger partial charge in [0.1, 0.15) is 0 Å². The molecule has 3 atom stereocenters. The standard InChI is InChI=1S/C34H49Cl2NO2/c35-31-29(33(38)32(36)30(34(31)39)28-7-3-5-24-4-1-2-6-27(24)28)25-14-12-22(13-15-25)20-8-10-21(11-9-20)23-16-18-26(37)19-17-23/h20-28H,1-19,37H2. The molecule has 0 saturated heterocycles. The molecule has 3 unspecified atom stereocenters. The summed E-state index contributed by atoms with van der Waals surface area (Å²) in [5.41, 5.74) is 7.26. The van der Waals surface area contributed by atoms with Crippen LogP contribution in [0.5, 0.6) is 0 Å². The van der Waals surface area contributed by atoms with Crippen molar-refractivity contribution in [2.45, 2.75) is 128 Å². The molecule has 5 fully saturated rings. The van der Waals surface area contributed by atoms with E-state index in [1.54, 1.807) is 0 Å². The summed E-state index contributed by atoms with van der Waals surface area (Å²) >= 11 is 13.6. The van der Waals surface area contributed by atoms with Gasteiger partial charge in [0.2, 0.25) is 11.6 Å². The fraction of sp³-hybridized carbons (Fsp3) is 0.824. The minimum Gasteiger partial charge on any atom is -0.328 e. The number of Topliss-reactive ketones (excluding diaryl/α,β-unsaturated/α-hetero) is 2. The van der Waals surface area contributed by atoms with E-state index in [4.69, 9.17) is 28.9 Å². The second-order valence-electron chi connectivity index (χ2n) is 14.3. The van der Waals surface area contributed by atoms with Crippen molar-refractivity contribution < 1.29 is 9.59 Å². The van der Waals surface area contributed by atoms with Gasteiger partial charge in [0.25, 0.3) is 0 Å². The molecule has 39 heavy (non-hydrogen) atoms. The molecule has 3 nitrogen and oxygen atoms in total. The number of fused-ring (bicyclic) bond motifs is 1. The van der Waals surface area contributed by atoms with Crippen LogP contribution >= 0.6 is 23.2 Å². The number of carbonyl (C=O) groups is 2. The van der Waals surface area contributed by atoms with Crippen molar-refractivity contribution in [2.75, 3.05) is 0 Å². The zero-order chi connectivity index (χ0) is 27.1. The van der Waals surface area contributed by atoms with E-state index in [1.807, 2.05) is 0 Å². The van der Waals surface area contributed by atoms with Gasteiger partial charge >= 0.3 is 0 Å². The van der Waals surface area contributed by atoms with Crippen LogP contribution < -0.4 is 5.73 Å². The maximum atomic E-state index is 13.7. The van der Waals surface area contributed by atoms with Crippen molar-refractivity contribution in [3.63, 3.8) is 0 Å². The van der Waals surface area contributed by atoms with Gasteiger partial charge in [-0.2, -0.15) is 0 Å². The molecule has 0 heterocycles. The molecule has 6 aliphatic carbocycles. The molecule has 2 N–H and O–H groups in total. The summed E-state index contributed by atoms with van der Waals surface area (Å²) in [4.78, 5) is 27.4. The SMILES string of the molecule is NC1CCC(C2CCC(C3CCC(C4=C(Cl)C(=O)C(C5CCCC6CCCCC65)=C(Cl)C4=O)CC3)CC2)CC1. The third-order valence-corrected chi connectivity index (χ3v) is 13.2. The third-order valence-electron chi connectivity index (χ3n) is 12.5. The van der Waals surface area contributed by atoms with Crippen LogP contribution in [-0.4, -0.2) is 17.6 Å². The molecule has 5 heteroatoms. The summed E-state index contributed by atoms with van der Waals surface area (Å²) in [6.07, 6.45) is 23.1. The van der Waals surface area contributed by atoms with E-state index in [9.17, 15) is 9.59 Å². The average molecular weight is 575 g/mol. The topological polar surface area (TPSA) is 60.2 Å². The lowest BCUT2D eigenvalue weighted by Gasteiger charge is -2.43. The van der Waals surface area contributed by atoms with Crippen molar-refractivity contribution in [2.24, 2.45) is 53.1 Å². The number of nitrogens with two attached hydrogens (primary N) is 1. The van der Waals surface area contributed by atoms with E-state index >= 15 is 0 Å². The molecular weight excluding hydrogens is 525 g/mol. The van der Waals surface area contributed by atoms with E-state index in [2.05, 4.69) is 0 Å². The Labute approximate surface area is 246 Å². The minimum absolute atomic E-state index is 0.0806. The predicted octanol–water partition coefficient (Wildman–Crippen LogP) is 8.86. The van der Waals surface area contributed by atoms with Crippen LogP contribution in [0, 0.1) is 47.3 Å². The largest absolute Gasteiger partial charge is 0.328 e. The molecule has 0 spiro atoms. The second kappa shape index (κ2) is 12.3. The Bertz CT molecular complexity index is 991. The van der Waals surface area contributed by atoms with Crippen molar-refractivity contribution in [3.05, 3.63) is 21.2 Å². The summed E-state index contributed by atoms with van der Waals surface area (Å²) in [7, 11) is 0. The van der Waals surface area contributed by atoms with Gasteiger partial charge in [0.05, 0.1) is 10.1 Å². The van der Waals surface area contributed by atoms with Crippen LogP contribution in [-0.2, 0) is 9.59 Å². The van der Waals surface area contributed by atoms with Crippen LogP contribution in [0.2, 0.25) is 0 Å². The van der Waals surface area contributed by atoms with Crippen molar-refractivity contribution in [1.82, 2.24) is 0 Å². The molecule has 0 aromatic carbocycles. The summed E-state index contributed by atoms with van der Waals surface area (Å²) in [5.74, 6) is 4.49. The molecular formula is C34H49Cl2NO2. The summed E-state index contributed by atoms with van der Waals surface area (Å²) in [5, 5.41) is 0.410. The third kappa shape index (κ3) is 5.72. The normalized spacial score (nSPS) is 42.5. The zero-order valence-corrected chi connectivity index (χ0v) is 25.3. The summed E-state index contributed by atoms with van der Waals surface area (Å²) < 4.78 is 0. The van der Waals surface area contributed by atoms with E-state index in [1.165, 1.54) is 77.0 Å². The van der Waals surface area contributed by atoms with Crippen LogP contribution in [0.1, 0.15) is 122 Å². The summed E-state index contributed by atoms with van der Waals surface area (Å²) in [6.45, 7) is 0. The molecule has 0 aliphatic heterocycles. The quantitative estimate of drug-likeness (QED) is 0.341. The average Bonchev–Trinajstić information content (AvgIpc) is 2.97. The highest BCUT2D eigenvalue weighted by atomic mass is 35.5. The molecule has 0 bridgehead atoms. The number of allylic oxidation sites excluding steroid dienone is 4. The van der Waals surface area contributed by atoms with E-state index < -0.39 is 0 Å². The first-order valence-electron chi connectivity index (χ1n) is 16.6. The minimum atomic E-state index is -0.134. The highest BCUT2D eigenvalue weighted by Crippen LogP contribution is 2.51. The second-order valence-corrected chi connectivity index (χ2v) is 15.1. The first-order chi connectivity index (χ1) is 18.9. The Morgan fingerprint density at radius 2 is 0.949 bits per heavy atom. The molecule has 0 radical (unpaired) electrons. The Morgan fingerprint density at radius 3 is 1.56 bits per heavy atom. The highest BCUT2D eigenvalue weighted by Gasteiger charge is 2.45. The van der Waals surface area contributed by atoms with Gasteiger partial charge < -0.3 is 5.73 Å². The van der Waals surface area contributed by atoms with Crippen LogP contribution in [0.15, 0.2) is 21.2 Å². The first kappa shape index (κ1) is 28.5. The Hall–Kier alpha value is -0.640. The molecule has 0 amide bonds. The van der Waals surface area contributed by atoms with Gasteiger partial charge in [-0.05, 0) is 137 Å². The summed E-state index contributed by atoms with van der Waals surface area (Å²) in [6, 6.07) is 0.441. The Kier molecular flexibility index (Phi) is 8.98. The number of hydrogen-bond donors (Lipinski definition) is 1. The first-order valence-corrected chi connectivity index (χ1v) is 17.3. The highest BCUT2D eigenvalue weighted by molar-refractivity contribution is 6.56. The number of ketones is 2. The lowest BCUT2D eigenvalue weighted by Crippen LogP contribution is -2.37. The fourth-order valence-electron chi connectivity index (χ4n) is 10.3. The van der Waals surface area contributed by atoms with E-state index in [-0.39, 0.29) is 33.5 Å². The van der Waals surface area contributed by atoms with Gasteiger partial charge in [-0.3, -0.25) is 9.59 Å². The number of carbonyl (C=O) groups excluding carboxylic acids is 2. The zero-order valence-electron chi connectivity index (χ0n) is 23.8. The van der Waals surface area contributed by atoms with Gasteiger partial charge in [0.15, 0.2) is 0 Å². The van der Waals surface area contributed by atoms with Gasteiger partial charge in [-0.25, -0.2) is 0 Å². The number of hydrogen-bond acceptors (Lipinski definition) is 3. The van der Waals surface area contributed by atoms with Crippen molar-refractivity contribution >= 4 is 34.8 Å². The maximum absolute atomic E-state index is 13.7. The van der Waals surface area contributed by atoms with Crippen molar-refractivity contribution in [1.29, 1.82) is 0 Å². The molecule has 6 rings (SSSR count). The van der Waals surface area contributed by atoms with E-state index in [0.717, 1.165) is 68.6 Å². The Morgan fingerprint density at radius 1 is 0.487 bits per heavy atom. The Balaban J connectivity index is 1.06. The fourth-order valence-corrected chi connectivity index (χ4v) is 10.9. The maximum Gasteiger partial charge on any atom is 0.202 e. The van der Waals surface area contributed by atoms with Crippen LogP contribution in [0.25, 0.3) is 0 Å². The smallest absolute Gasteiger partial charge is 0.202 e.